The topological polar surface area (TPSA) is 80.8 Å². The number of methoxy groups -OCH3 is 1. The van der Waals surface area contributed by atoms with Gasteiger partial charge in [0, 0.05) is 30.9 Å². The zero-order valence-electron chi connectivity index (χ0n) is 17.4. The first-order chi connectivity index (χ1) is 14.6. The van der Waals surface area contributed by atoms with Crippen molar-refractivity contribution in [2.24, 2.45) is 0 Å². The maximum atomic E-state index is 12.3. The summed E-state index contributed by atoms with van der Waals surface area (Å²) in [5.74, 6) is 0.886. The second-order valence-corrected chi connectivity index (χ2v) is 7.17. The molecule has 0 atom stereocenters. The third kappa shape index (κ3) is 6.15. The molecule has 0 bridgehead atoms. The Hall–Kier alpha value is -3.19. The molecule has 7 nitrogen and oxygen atoms in total. The van der Waals surface area contributed by atoms with Gasteiger partial charge in [-0.1, -0.05) is 25.5 Å². The lowest BCUT2D eigenvalue weighted by Gasteiger charge is -2.19. The Kier molecular flexibility index (Phi) is 7.57. The van der Waals surface area contributed by atoms with Crippen LogP contribution >= 0.6 is 0 Å². The molecule has 2 aromatic rings. The van der Waals surface area contributed by atoms with E-state index >= 15 is 0 Å². The number of fused-ring (bicyclic) bond motifs is 1. The fourth-order valence-electron chi connectivity index (χ4n) is 3.15. The molecule has 1 N–H and O–H groups in total. The van der Waals surface area contributed by atoms with Crippen LogP contribution in [0.2, 0.25) is 0 Å². The first kappa shape index (κ1) is 21.5. The van der Waals surface area contributed by atoms with E-state index in [-0.39, 0.29) is 18.4 Å². The van der Waals surface area contributed by atoms with Gasteiger partial charge in [0.2, 0.25) is 5.91 Å². The molecule has 1 aliphatic heterocycles. The minimum atomic E-state index is -0.368. The number of hydrogen-bond acceptors (Lipinski definition) is 6. The van der Waals surface area contributed by atoms with E-state index < -0.39 is 0 Å². The van der Waals surface area contributed by atoms with E-state index in [0.29, 0.717) is 25.5 Å². The predicted molar refractivity (Wildman–Crippen MR) is 115 cm³/mol. The Morgan fingerprint density at radius 1 is 1.27 bits per heavy atom. The van der Waals surface area contributed by atoms with Crippen molar-refractivity contribution >= 4 is 23.8 Å². The average molecular weight is 409 g/mol. The van der Waals surface area contributed by atoms with Gasteiger partial charge >= 0.3 is 5.97 Å². The van der Waals surface area contributed by atoms with E-state index in [1.807, 2.05) is 37.3 Å². The van der Waals surface area contributed by atoms with Crippen LogP contribution in [0.15, 0.2) is 42.6 Å². The molecule has 0 aliphatic carbocycles. The number of amides is 1. The molecule has 30 heavy (non-hydrogen) atoms. The number of rotatable bonds is 8. The molecule has 0 saturated heterocycles. The molecule has 1 aliphatic rings. The second kappa shape index (κ2) is 10.5. The second-order valence-electron chi connectivity index (χ2n) is 7.17. The van der Waals surface area contributed by atoms with Crippen LogP contribution in [0.1, 0.15) is 36.5 Å². The van der Waals surface area contributed by atoms with Crippen molar-refractivity contribution in [1.29, 1.82) is 0 Å². The van der Waals surface area contributed by atoms with E-state index in [0.717, 1.165) is 35.3 Å². The van der Waals surface area contributed by atoms with Crippen LogP contribution in [-0.4, -0.2) is 42.0 Å². The van der Waals surface area contributed by atoms with Crippen molar-refractivity contribution in [3.8, 4) is 5.75 Å². The molecule has 1 aromatic heterocycles. The molecular formula is C23H27N3O4. The van der Waals surface area contributed by atoms with Gasteiger partial charge in [0.25, 0.3) is 0 Å². The van der Waals surface area contributed by atoms with Crippen LogP contribution in [0.25, 0.3) is 6.08 Å². The third-order valence-electron chi connectivity index (χ3n) is 4.73. The van der Waals surface area contributed by atoms with E-state index in [1.54, 1.807) is 19.4 Å². The highest BCUT2D eigenvalue weighted by Gasteiger charge is 2.20. The molecular weight excluding hydrogens is 382 g/mol. The van der Waals surface area contributed by atoms with E-state index in [1.165, 1.54) is 6.08 Å². The van der Waals surface area contributed by atoms with Crippen molar-refractivity contribution < 1.29 is 19.1 Å². The number of hydrogen-bond donors (Lipinski definition) is 1. The number of nitrogens with zero attached hydrogens (tertiary/aromatic N) is 2. The summed E-state index contributed by atoms with van der Waals surface area (Å²) in [6.07, 6.45) is 6.55. The third-order valence-corrected chi connectivity index (χ3v) is 4.73. The Morgan fingerprint density at radius 2 is 2.07 bits per heavy atom. The van der Waals surface area contributed by atoms with Gasteiger partial charge in [0.15, 0.2) is 0 Å². The van der Waals surface area contributed by atoms with E-state index in [2.05, 4.69) is 15.2 Å². The van der Waals surface area contributed by atoms with Crippen LogP contribution in [0.4, 0.5) is 5.82 Å². The Labute approximate surface area is 176 Å². The Morgan fingerprint density at radius 3 is 2.80 bits per heavy atom. The molecule has 1 amide bonds. The van der Waals surface area contributed by atoms with E-state index in [9.17, 15) is 9.59 Å². The smallest absolute Gasteiger partial charge is 0.330 e. The van der Waals surface area contributed by atoms with Crippen LogP contribution < -0.4 is 10.1 Å². The summed E-state index contributed by atoms with van der Waals surface area (Å²) in [5.41, 5.74) is 2.77. The first-order valence-corrected chi connectivity index (χ1v) is 10.1. The lowest BCUT2D eigenvalue weighted by molar-refractivity contribution is -0.137. The summed E-state index contributed by atoms with van der Waals surface area (Å²) < 4.78 is 10.3. The lowest BCUT2D eigenvalue weighted by atomic mass is 10.1. The maximum absolute atomic E-state index is 12.3. The highest BCUT2D eigenvalue weighted by Crippen LogP contribution is 2.22. The molecule has 158 valence electrons. The van der Waals surface area contributed by atoms with Gasteiger partial charge in [-0.3, -0.25) is 9.69 Å². The van der Waals surface area contributed by atoms with E-state index in [4.69, 9.17) is 9.47 Å². The molecule has 0 fully saturated rings. The van der Waals surface area contributed by atoms with Gasteiger partial charge in [0.1, 0.15) is 11.6 Å². The Bertz CT molecular complexity index is 909. The molecule has 3 rings (SSSR count). The van der Waals surface area contributed by atoms with Crippen molar-refractivity contribution in [2.45, 2.75) is 32.9 Å². The zero-order valence-corrected chi connectivity index (χ0v) is 17.4. The van der Waals surface area contributed by atoms with Gasteiger partial charge in [-0.2, -0.15) is 0 Å². The number of aromatic nitrogens is 1. The highest BCUT2D eigenvalue weighted by molar-refractivity contribution is 5.93. The maximum Gasteiger partial charge on any atom is 0.330 e. The fraction of sp³-hybridized carbons (Fsp3) is 0.348. The summed E-state index contributed by atoms with van der Waals surface area (Å²) in [6, 6.07) is 9.73. The largest absolute Gasteiger partial charge is 0.497 e. The van der Waals surface area contributed by atoms with Crippen molar-refractivity contribution in [1.82, 2.24) is 9.88 Å². The van der Waals surface area contributed by atoms with Crippen LogP contribution in [0.3, 0.4) is 0 Å². The number of unbranched alkanes of at least 4 members (excludes halogenated alkanes) is 1. The number of pyridine rings is 1. The number of ether oxygens (including phenoxy) is 2. The number of nitrogens with one attached hydrogen (secondary N) is 1. The summed E-state index contributed by atoms with van der Waals surface area (Å²) >= 11 is 0. The lowest BCUT2D eigenvalue weighted by Crippen LogP contribution is -2.29. The standard InChI is InChI=1S/C23H27N3O4/c1-3-4-11-30-22(28)10-7-18-12-19-15-26(16-21(27)25-23(19)24-13-18)14-17-5-8-20(29-2)9-6-17/h5-10,12-13H,3-4,11,14-16H2,1-2H3,(H,24,25,27). The predicted octanol–water partition coefficient (Wildman–Crippen LogP) is 3.40. The van der Waals surface area contributed by atoms with Gasteiger partial charge in [0.05, 0.1) is 20.3 Å². The van der Waals surface area contributed by atoms with Gasteiger partial charge < -0.3 is 14.8 Å². The first-order valence-electron chi connectivity index (χ1n) is 10.1. The summed E-state index contributed by atoms with van der Waals surface area (Å²) in [5, 5.41) is 2.86. The molecule has 0 unspecified atom stereocenters. The van der Waals surface area contributed by atoms with Crippen molar-refractivity contribution in [2.75, 3.05) is 25.6 Å². The van der Waals surface area contributed by atoms with Gasteiger partial charge in [-0.25, -0.2) is 9.78 Å². The Balaban J connectivity index is 1.70. The molecule has 1 aromatic carbocycles. The molecule has 7 heteroatoms. The minimum absolute atomic E-state index is 0.0995. The number of anilines is 1. The normalized spacial score (nSPS) is 14.1. The van der Waals surface area contributed by atoms with Crippen LogP contribution in [0, 0.1) is 0 Å². The van der Waals surface area contributed by atoms with Gasteiger partial charge in [-0.05, 0) is 41.8 Å². The molecule has 0 saturated carbocycles. The highest BCUT2D eigenvalue weighted by atomic mass is 16.5. The number of carbonyl (C=O) groups excluding carboxylic acids is 2. The summed E-state index contributed by atoms with van der Waals surface area (Å²) in [6.45, 7) is 3.93. The number of esters is 1. The quantitative estimate of drug-likeness (QED) is 0.409. The molecule has 0 spiro atoms. The van der Waals surface area contributed by atoms with Gasteiger partial charge in [-0.15, -0.1) is 0 Å². The monoisotopic (exact) mass is 409 g/mol. The average Bonchev–Trinajstić information content (AvgIpc) is 2.89. The SMILES string of the molecule is CCCCOC(=O)C=Cc1cnc2c(c1)CN(Cc1ccc(OC)cc1)CC(=O)N2. The minimum Gasteiger partial charge on any atom is -0.497 e. The number of carbonyl (C=O) groups is 2. The van der Waals surface area contributed by atoms with Crippen molar-refractivity contribution in [3.63, 3.8) is 0 Å². The van der Waals surface area contributed by atoms with Crippen LogP contribution in [0.5, 0.6) is 5.75 Å². The number of benzene rings is 1. The summed E-state index contributed by atoms with van der Waals surface area (Å²) in [7, 11) is 1.63. The summed E-state index contributed by atoms with van der Waals surface area (Å²) in [4.78, 5) is 30.5. The molecule has 2 heterocycles. The molecule has 0 radical (unpaired) electrons. The van der Waals surface area contributed by atoms with Crippen molar-refractivity contribution in [3.05, 3.63) is 59.3 Å². The van der Waals surface area contributed by atoms with Crippen LogP contribution in [-0.2, 0) is 27.4 Å². The fourth-order valence-corrected chi connectivity index (χ4v) is 3.15. The zero-order chi connectivity index (χ0) is 21.3.